The number of hydrogen-bond acceptors (Lipinski definition) is 3. The van der Waals surface area contributed by atoms with Gasteiger partial charge in [0.05, 0.1) is 6.04 Å². The standard InChI is InChI=1S/C9H19N3O2/c1-4-6(10)9(14)12-7(5(2)3)8(11)13/h5-7H,4,10H2,1-3H3,(H2,11,13)(H,12,14)/t6-,7+/m0/s1. The molecular formula is C9H19N3O2. The van der Waals surface area contributed by atoms with E-state index in [0.717, 1.165) is 0 Å². The summed E-state index contributed by atoms with van der Waals surface area (Å²) in [6.07, 6.45) is 0.537. The van der Waals surface area contributed by atoms with E-state index in [-0.39, 0.29) is 11.8 Å². The zero-order valence-corrected chi connectivity index (χ0v) is 8.91. The average Bonchev–Trinajstić information content (AvgIpc) is 2.11. The maximum Gasteiger partial charge on any atom is 0.240 e. The first-order chi connectivity index (χ1) is 6.40. The monoisotopic (exact) mass is 201 g/mol. The van der Waals surface area contributed by atoms with Gasteiger partial charge >= 0.3 is 0 Å². The van der Waals surface area contributed by atoms with Crippen LogP contribution in [0.25, 0.3) is 0 Å². The van der Waals surface area contributed by atoms with Crippen LogP contribution in [0, 0.1) is 5.92 Å². The molecule has 5 nitrogen and oxygen atoms in total. The van der Waals surface area contributed by atoms with Gasteiger partial charge in [0.25, 0.3) is 0 Å². The Morgan fingerprint density at radius 3 is 2.14 bits per heavy atom. The van der Waals surface area contributed by atoms with Gasteiger partial charge in [-0.25, -0.2) is 0 Å². The van der Waals surface area contributed by atoms with Gasteiger partial charge in [0.15, 0.2) is 0 Å². The summed E-state index contributed by atoms with van der Waals surface area (Å²) in [4.78, 5) is 22.3. The predicted molar refractivity (Wildman–Crippen MR) is 54.2 cm³/mol. The van der Waals surface area contributed by atoms with Crippen molar-refractivity contribution in [3.63, 3.8) is 0 Å². The maximum absolute atomic E-state index is 11.3. The number of carbonyl (C=O) groups excluding carboxylic acids is 2. The molecule has 0 aliphatic carbocycles. The van der Waals surface area contributed by atoms with E-state index in [4.69, 9.17) is 11.5 Å². The van der Waals surface area contributed by atoms with Crippen LogP contribution in [0.4, 0.5) is 0 Å². The van der Waals surface area contributed by atoms with Gasteiger partial charge in [-0.15, -0.1) is 0 Å². The van der Waals surface area contributed by atoms with Crippen LogP contribution in [-0.4, -0.2) is 23.9 Å². The molecule has 0 radical (unpaired) electrons. The van der Waals surface area contributed by atoms with Gasteiger partial charge in [0.1, 0.15) is 6.04 Å². The number of nitrogens with one attached hydrogen (secondary N) is 1. The van der Waals surface area contributed by atoms with Crippen molar-refractivity contribution in [1.82, 2.24) is 5.32 Å². The highest BCUT2D eigenvalue weighted by atomic mass is 16.2. The van der Waals surface area contributed by atoms with Crippen LogP contribution < -0.4 is 16.8 Å². The molecule has 0 aromatic rings. The molecule has 0 unspecified atom stereocenters. The summed E-state index contributed by atoms with van der Waals surface area (Å²) < 4.78 is 0. The molecule has 82 valence electrons. The normalized spacial score (nSPS) is 14.9. The van der Waals surface area contributed by atoms with Crippen molar-refractivity contribution >= 4 is 11.8 Å². The zero-order valence-electron chi connectivity index (χ0n) is 8.91. The van der Waals surface area contributed by atoms with Crippen LogP contribution in [0.3, 0.4) is 0 Å². The fraction of sp³-hybridized carbons (Fsp3) is 0.778. The van der Waals surface area contributed by atoms with Crippen LogP contribution in [0.15, 0.2) is 0 Å². The molecule has 0 aliphatic rings. The Balaban J connectivity index is 4.31. The number of primary amides is 1. The van der Waals surface area contributed by atoms with Gasteiger partial charge in [-0.3, -0.25) is 9.59 Å². The molecule has 0 aliphatic heterocycles. The second-order valence-electron chi connectivity index (χ2n) is 3.65. The van der Waals surface area contributed by atoms with Crippen LogP contribution in [0.5, 0.6) is 0 Å². The predicted octanol–water partition coefficient (Wildman–Crippen LogP) is -0.650. The second kappa shape index (κ2) is 5.59. The molecule has 0 saturated carbocycles. The molecular weight excluding hydrogens is 182 g/mol. The first-order valence-electron chi connectivity index (χ1n) is 4.75. The number of nitrogens with two attached hydrogens (primary N) is 2. The Labute approximate surface area is 84.2 Å². The molecule has 5 N–H and O–H groups in total. The number of rotatable bonds is 5. The first-order valence-corrected chi connectivity index (χ1v) is 4.75. The van der Waals surface area contributed by atoms with E-state index in [1.807, 2.05) is 13.8 Å². The minimum atomic E-state index is -0.639. The Kier molecular flexibility index (Phi) is 5.15. The Morgan fingerprint density at radius 1 is 1.36 bits per heavy atom. The maximum atomic E-state index is 11.3. The third kappa shape index (κ3) is 3.74. The van der Waals surface area contributed by atoms with Gasteiger partial charge in [0.2, 0.25) is 11.8 Å². The highest BCUT2D eigenvalue weighted by molar-refractivity contribution is 5.88. The number of hydrogen-bond donors (Lipinski definition) is 3. The average molecular weight is 201 g/mol. The molecule has 0 spiro atoms. The quantitative estimate of drug-likeness (QED) is 0.551. The summed E-state index contributed by atoms with van der Waals surface area (Å²) in [7, 11) is 0. The van der Waals surface area contributed by atoms with E-state index in [0.29, 0.717) is 6.42 Å². The lowest BCUT2D eigenvalue weighted by Gasteiger charge is -2.20. The lowest BCUT2D eigenvalue weighted by Crippen LogP contribution is -2.52. The summed E-state index contributed by atoms with van der Waals surface area (Å²) in [6, 6.07) is -1.21. The molecule has 0 aromatic carbocycles. The Hall–Kier alpha value is -1.10. The third-order valence-electron chi connectivity index (χ3n) is 2.05. The molecule has 0 saturated heterocycles. The lowest BCUT2D eigenvalue weighted by atomic mass is 10.0. The van der Waals surface area contributed by atoms with Crippen molar-refractivity contribution in [1.29, 1.82) is 0 Å². The minimum Gasteiger partial charge on any atom is -0.368 e. The van der Waals surface area contributed by atoms with Crippen molar-refractivity contribution < 1.29 is 9.59 Å². The van der Waals surface area contributed by atoms with Crippen molar-refractivity contribution in [3.05, 3.63) is 0 Å². The van der Waals surface area contributed by atoms with E-state index in [9.17, 15) is 9.59 Å². The fourth-order valence-corrected chi connectivity index (χ4v) is 1.01. The number of amides is 2. The molecule has 2 amide bonds. The Bertz CT molecular complexity index is 216. The van der Waals surface area contributed by atoms with Crippen molar-refractivity contribution in [2.75, 3.05) is 0 Å². The molecule has 2 atom stereocenters. The van der Waals surface area contributed by atoms with E-state index in [1.54, 1.807) is 6.92 Å². The van der Waals surface area contributed by atoms with Crippen LogP contribution in [-0.2, 0) is 9.59 Å². The summed E-state index contributed by atoms with van der Waals surface area (Å²) in [5.74, 6) is -0.887. The van der Waals surface area contributed by atoms with E-state index < -0.39 is 18.0 Å². The molecule has 5 heteroatoms. The smallest absolute Gasteiger partial charge is 0.240 e. The van der Waals surface area contributed by atoms with Crippen molar-refractivity contribution in [2.45, 2.75) is 39.3 Å². The van der Waals surface area contributed by atoms with Gasteiger partial charge < -0.3 is 16.8 Å². The third-order valence-corrected chi connectivity index (χ3v) is 2.05. The fourth-order valence-electron chi connectivity index (χ4n) is 1.01. The van der Waals surface area contributed by atoms with Crippen LogP contribution in [0.2, 0.25) is 0 Å². The largest absolute Gasteiger partial charge is 0.368 e. The summed E-state index contributed by atoms with van der Waals surface area (Å²) in [5.41, 5.74) is 10.6. The topological polar surface area (TPSA) is 98.2 Å². The highest BCUT2D eigenvalue weighted by Crippen LogP contribution is 2.01. The van der Waals surface area contributed by atoms with Crippen molar-refractivity contribution in [2.24, 2.45) is 17.4 Å². The summed E-state index contributed by atoms with van der Waals surface area (Å²) in [6.45, 7) is 5.43. The van der Waals surface area contributed by atoms with Gasteiger partial charge in [-0.1, -0.05) is 20.8 Å². The van der Waals surface area contributed by atoms with E-state index in [2.05, 4.69) is 5.32 Å². The summed E-state index contributed by atoms with van der Waals surface area (Å²) in [5, 5.41) is 2.53. The van der Waals surface area contributed by atoms with Gasteiger partial charge in [-0.2, -0.15) is 0 Å². The SMILES string of the molecule is CC[C@H](N)C(=O)N[C@@H](C(N)=O)C(C)C. The minimum absolute atomic E-state index is 0.0273. The van der Waals surface area contributed by atoms with Crippen molar-refractivity contribution in [3.8, 4) is 0 Å². The molecule has 0 aromatic heterocycles. The molecule has 0 rings (SSSR count). The summed E-state index contributed by atoms with van der Waals surface area (Å²) >= 11 is 0. The number of carbonyl (C=O) groups is 2. The molecule has 0 bridgehead atoms. The van der Waals surface area contributed by atoms with E-state index in [1.165, 1.54) is 0 Å². The first kappa shape index (κ1) is 12.9. The lowest BCUT2D eigenvalue weighted by molar-refractivity contribution is -0.129. The molecule has 0 heterocycles. The van der Waals surface area contributed by atoms with Crippen LogP contribution in [0.1, 0.15) is 27.2 Å². The molecule has 0 fully saturated rings. The zero-order chi connectivity index (χ0) is 11.3. The highest BCUT2D eigenvalue weighted by Gasteiger charge is 2.23. The van der Waals surface area contributed by atoms with E-state index >= 15 is 0 Å². The van der Waals surface area contributed by atoms with Gasteiger partial charge in [0, 0.05) is 0 Å². The Morgan fingerprint density at radius 2 is 1.86 bits per heavy atom. The second-order valence-corrected chi connectivity index (χ2v) is 3.65. The van der Waals surface area contributed by atoms with Gasteiger partial charge in [-0.05, 0) is 12.3 Å². The van der Waals surface area contributed by atoms with Crippen LogP contribution >= 0.6 is 0 Å². The molecule has 14 heavy (non-hydrogen) atoms.